The number of aliphatic hydroxyl groups excluding tert-OH is 1. The Morgan fingerprint density at radius 2 is 1.85 bits per heavy atom. The van der Waals surface area contributed by atoms with Gasteiger partial charge in [0.15, 0.2) is 0 Å². The van der Waals surface area contributed by atoms with E-state index >= 15 is 0 Å². The summed E-state index contributed by atoms with van der Waals surface area (Å²) in [6, 6.07) is 5.25. The number of hydrogen-bond donors (Lipinski definition) is 1. The fraction of sp³-hybridized carbons (Fsp3) is 0.571. The number of fused-ring (bicyclic) bond motifs is 2. The van der Waals surface area contributed by atoms with Gasteiger partial charge in [0.1, 0.15) is 0 Å². The minimum absolute atomic E-state index is 0.0490. The van der Waals surface area contributed by atoms with Crippen LogP contribution in [0, 0.1) is 6.92 Å². The van der Waals surface area contributed by atoms with Crippen LogP contribution in [0.2, 0.25) is 0 Å². The van der Waals surface area contributed by atoms with Crippen LogP contribution < -0.4 is 0 Å². The van der Waals surface area contributed by atoms with Gasteiger partial charge in [0.2, 0.25) is 10.0 Å². The molecule has 0 radical (unpaired) electrons. The third-order valence-corrected chi connectivity index (χ3v) is 6.99. The number of aryl methyl sites for hydroxylation is 1. The number of rotatable bonds is 2. The number of benzene rings is 1. The highest BCUT2D eigenvalue weighted by molar-refractivity contribution is 9.10. The predicted octanol–water partition coefficient (Wildman–Crippen LogP) is 2.43. The lowest BCUT2D eigenvalue weighted by molar-refractivity contribution is 0.0768. The van der Waals surface area contributed by atoms with Crippen molar-refractivity contribution in [3.63, 3.8) is 0 Å². The second-order valence-electron chi connectivity index (χ2n) is 5.76. The average molecular weight is 360 g/mol. The molecule has 0 amide bonds. The number of sulfonamides is 1. The average Bonchev–Trinajstić information content (AvgIpc) is 2.66. The van der Waals surface area contributed by atoms with Crippen molar-refractivity contribution in [3.8, 4) is 0 Å². The number of piperidine rings is 1. The van der Waals surface area contributed by atoms with E-state index in [9.17, 15) is 13.5 Å². The molecule has 20 heavy (non-hydrogen) atoms. The first-order valence-corrected chi connectivity index (χ1v) is 9.10. The Hall–Kier alpha value is -0.430. The monoisotopic (exact) mass is 359 g/mol. The molecule has 2 atom stereocenters. The van der Waals surface area contributed by atoms with Gasteiger partial charge in [-0.3, -0.25) is 0 Å². The van der Waals surface area contributed by atoms with E-state index < -0.39 is 10.0 Å². The molecule has 1 aromatic rings. The highest BCUT2D eigenvalue weighted by atomic mass is 79.9. The van der Waals surface area contributed by atoms with E-state index in [1.165, 1.54) is 0 Å². The van der Waals surface area contributed by atoms with E-state index in [1.54, 1.807) is 10.4 Å². The molecule has 4 nitrogen and oxygen atoms in total. The van der Waals surface area contributed by atoms with Crippen molar-refractivity contribution in [3.05, 3.63) is 28.2 Å². The molecule has 2 aliphatic rings. The molecule has 2 saturated heterocycles. The van der Waals surface area contributed by atoms with Gasteiger partial charge in [-0.15, -0.1) is 0 Å². The molecule has 2 heterocycles. The molecule has 3 rings (SSSR count). The van der Waals surface area contributed by atoms with Crippen molar-refractivity contribution < 1.29 is 13.5 Å². The number of nitrogens with zero attached hydrogens (tertiary/aromatic N) is 1. The number of aliphatic hydroxyl groups is 1. The molecule has 0 aliphatic carbocycles. The van der Waals surface area contributed by atoms with Crippen LogP contribution in [0.25, 0.3) is 0 Å². The van der Waals surface area contributed by atoms with Crippen molar-refractivity contribution >= 4 is 26.0 Å². The lowest BCUT2D eigenvalue weighted by atomic mass is 10.0. The standard InChI is InChI=1S/C14H18BrNO3S/c1-9-2-3-10(15)6-14(9)20(18,19)16-11-4-5-12(16)8-13(17)7-11/h2-3,6,11-13,17H,4-5,7-8H2,1H3. The minimum Gasteiger partial charge on any atom is -0.393 e. The second kappa shape index (κ2) is 5.09. The van der Waals surface area contributed by atoms with Crippen molar-refractivity contribution in [2.75, 3.05) is 0 Å². The zero-order valence-electron chi connectivity index (χ0n) is 11.3. The molecule has 1 N–H and O–H groups in total. The van der Waals surface area contributed by atoms with Gasteiger partial charge < -0.3 is 5.11 Å². The van der Waals surface area contributed by atoms with E-state index in [-0.39, 0.29) is 18.2 Å². The van der Waals surface area contributed by atoms with Crippen molar-refractivity contribution in [2.24, 2.45) is 0 Å². The Morgan fingerprint density at radius 3 is 2.45 bits per heavy atom. The summed E-state index contributed by atoms with van der Waals surface area (Å²) < 4.78 is 28.3. The molecule has 6 heteroatoms. The zero-order valence-corrected chi connectivity index (χ0v) is 13.7. The molecule has 2 fully saturated rings. The van der Waals surface area contributed by atoms with Gasteiger partial charge in [0.25, 0.3) is 0 Å². The van der Waals surface area contributed by atoms with Crippen molar-refractivity contribution in [1.29, 1.82) is 0 Å². The summed E-state index contributed by atoms with van der Waals surface area (Å²) in [6.07, 6.45) is 2.47. The Labute approximate surface area is 128 Å². The van der Waals surface area contributed by atoms with Gasteiger partial charge in [-0.05, 0) is 50.3 Å². The quantitative estimate of drug-likeness (QED) is 0.881. The number of halogens is 1. The molecular formula is C14H18BrNO3S. The molecule has 2 aliphatic heterocycles. The van der Waals surface area contributed by atoms with Crippen LogP contribution in [0.5, 0.6) is 0 Å². The Bertz CT molecular complexity index is 617. The molecule has 2 unspecified atom stereocenters. The molecule has 0 spiro atoms. The topological polar surface area (TPSA) is 57.6 Å². The summed E-state index contributed by atoms with van der Waals surface area (Å²) in [7, 11) is -3.48. The largest absolute Gasteiger partial charge is 0.393 e. The van der Waals surface area contributed by atoms with E-state index in [1.807, 2.05) is 19.1 Å². The third-order valence-electron chi connectivity index (χ3n) is 4.35. The second-order valence-corrected chi connectivity index (χ2v) is 8.48. The first-order valence-electron chi connectivity index (χ1n) is 6.87. The van der Waals surface area contributed by atoms with Crippen LogP contribution in [0.1, 0.15) is 31.2 Å². The normalized spacial score (nSPS) is 30.6. The molecule has 0 saturated carbocycles. The maximum absolute atomic E-state index is 13.0. The molecule has 2 bridgehead atoms. The van der Waals surface area contributed by atoms with Gasteiger partial charge in [-0.2, -0.15) is 4.31 Å². The van der Waals surface area contributed by atoms with Crippen LogP contribution in [0.3, 0.4) is 0 Å². The zero-order chi connectivity index (χ0) is 14.5. The smallest absolute Gasteiger partial charge is 0.243 e. The van der Waals surface area contributed by atoms with E-state index in [0.717, 1.165) is 22.9 Å². The van der Waals surface area contributed by atoms with Gasteiger partial charge >= 0.3 is 0 Å². The van der Waals surface area contributed by atoms with Crippen molar-refractivity contribution in [1.82, 2.24) is 4.31 Å². The van der Waals surface area contributed by atoms with Crippen molar-refractivity contribution in [2.45, 2.75) is 55.7 Å². The van der Waals surface area contributed by atoms with Gasteiger partial charge in [-0.25, -0.2) is 8.42 Å². The maximum Gasteiger partial charge on any atom is 0.243 e. The SMILES string of the molecule is Cc1ccc(Br)cc1S(=O)(=O)N1C2CCC1CC(O)C2. The van der Waals surface area contributed by atoms with Crippen LogP contribution in [0.4, 0.5) is 0 Å². The van der Waals surface area contributed by atoms with Crippen LogP contribution >= 0.6 is 15.9 Å². The summed E-state index contributed by atoms with van der Waals surface area (Å²) >= 11 is 3.35. The van der Waals surface area contributed by atoms with Gasteiger partial charge in [0.05, 0.1) is 11.0 Å². The maximum atomic E-state index is 13.0. The Balaban J connectivity index is 2.03. The number of hydrogen-bond acceptors (Lipinski definition) is 3. The predicted molar refractivity (Wildman–Crippen MR) is 80.0 cm³/mol. The molecular weight excluding hydrogens is 342 g/mol. The highest BCUT2D eigenvalue weighted by Crippen LogP contribution is 2.40. The Kier molecular flexibility index (Phi) is 3.69. The lowest BCUT2D eigenvalue weighted by Crippen LogP contribution is -2.47. The summed E-state index contributed by atoms with van der Waals surface area (Å²) in [6.45, 7) is 1.82. The van der Waals surface area contributed by atoms with E-state index in [4.69, 9.17) is 0 Å². The fourth-order valence-corrected chi connectivity index (χ4v) is 6.12. The third kappa shape index (κ3) is 2.32. The highest BCUT2D eigenvalue weighted by Gasteiger charge is 2.47. The summed E-state index contributed by atoms with van der Waals surface area (Å²) in [5.74, 6) is 0. The van der Waals surface area contributed by atoms with Gasteiger partial charge in [-0.1, -0.05) is 22.0 Å². The molecule has 0 aromatic heterocycles. The first kappa shape index (κ1) is 14.5. The van der Waals surface area contributed by atoms with Crippen LogP contribution in [-0.2, 0) is 10.0 Å². The van der Waals surface area contributed by atoms with Gasteiger partial charge in [0, 0.05) is 16.6 Å². The fourth-order valence-electron chi connectivity index (χ4n) is 3.46. The molecule has 1 aromatic carbocycles. The van der Waals surface area contributed by atoms with E-state index in [0.29, 0.717) is 17.7 Å². The van der Waals surface area contributed by atoms with E-state index in [2.05, 4.69) is 15.9 Å². The first-order chi connectivity index (χ1) is 9.39. The summed E-state index contributed by atoms with van der Waals surface area (Å²) in [5, 5.41) is 9.81. The minimum atomic E-state index is -3.48. The molecule has 110 valence electrons. The van der Waals surface area contributed by atoms with Crippen LogP contribution in [-0.4, -0.2) is 36.0 Å². The Morgan fingerprint density at radius 1 is 1.25 bits per heavy atom. The summed E-state index contributed by atoms with van der Waals surface area (Å²) in [4.78, 5) is 0.375. The summed E-state index contributed by atoms with van der Waals surface area (Å²) in [5.41, 5.74) is 0.763. The van der Waals surface area contributed by atoms with Crippen LogP contribution in [0.15, 0.2) is 27.6 Å². The lowest BCUT2D eigenvalue weighted by Gasteiger charge is -2.36.